The normalized spacial score (nSPS) is 49.0. The van der Waals surface area contributed by atoms with Gasteiger partial charge in [-0.25, -0.2) is 0 Å². The predicted molar refractivity (Wildman–Crippen MR) is 267 cm³/mol. The summed E-state index contributed by atoms with van der Waals surface area (Å²) in [5, 5.41) is 65.4. The number of hydrogen-bond acceptors (Lipinski definition) is 22. The maximum atomic E-state index is 13.6. The van der Waals surface area contributed by atoms with Crippen molar-refractivity contribution in [3.63, 3.8) is 0 Å². The summed E-state index contributed by atoms with van der Waals surface area (Å²) in [6, 6.07) is 0. The molecular formula is C55H88O22. The summed E-state index contributed by atoms with van der Waals surface area (Å²) in [5.41, 5.74) is -2.02. The number of aliphatic hydroxyl groups excluding tert-OH is 5. The lowest BCUT2D eigenvalue weighted by molar-refractivity contribution is -0.373. The lowest BCUT2D eigenvalue weighted by Gasteiger charge is -2.64. The van der Waals surface area contributed by atoms with E-state index in [0.717, 1.165) is 5.57 Å². The molecule has 8 aliphatic rings. The molecule has 27 atom stereocenters. The van der Waals surface area contributed by atoms with Gasteiger partial charge in [0.25, 0.3) is 0 Å². The first-order valence-corrected chi connectivity index (χ1v) is 27.8. The molecule has 6 N–H and O–H groups in total. The van der Waals surface area contributed by atoms with E-state index in [4.69, 9.17) is 61.6 Å². The molecule has 0 amide bonds. The van der Waals surface area contributed by atoms with E-state index < -0.39 is 170 Å². The molecule has 22 nitrogen and oxygen atoms in total. The third-order valence-electron chi connectivity index (χ3n) is 18.9. The molecule has 4 aliphatic heterocycles. The van der Waals surface area contributed by atoms with Crippen LogP contribution in [0.3, 0.4) is 0 Å². The number of allylic oxidation sites excluding steroid dienone is 1. The zero-order valence-electron chi connectivity index (χ0n) is 46.8. The third-order valence-corrected chi connectivity index (χ3v) is 18.9. The molecular weight excluding hydrogens is 1010 g/mol. The maximum absolute atomic E-state index is 13.6. The maximum Gasteiger partial charge on any atom is 0.306 e. The topological polar surface area (TPSA) is 293 Å². The fourth-order valence-corrected chi connectivity index (χ4v) is 14.9. The minimum atomic E-state index is -1.68. The van der Waals surface area contributed by atoms with Crippen LogP contribution in [0, 0.1) is 34.5 Å². The number of ketones is 1. The van der Waals surface area contributed by atoms with Crippen LogP contribution in [-0.2, 0) is 76.0 Å². The van der Waals surface area contributed by atoms with Gasteiger partial charge in [-0.1, -0.05) is 39.3 Å². The average Bonchev–Trinajstić information content (AvgIpc) is 3.95. The van der Waals surface area contributed by atoms with Crippen LogP contribution in [0.25, 0.3) is 0 Å². The van der Waals surface area contributed by atoms with Crippen LogP contribution in [0.15, 0.2) is 11.6 Å². The number of carbonyl (C=O) groups excluding carboxylic acids is 3. The Morgan fingerprint density at radius 1 is 0.701 bits per heavy atom. The van der Waals surface area contributed by atoms with Gasteiger partial charge in [0.05, 0.1) is 48.8 Å². The molecule has 22 heteroatoms. The second kappa shape index (κ2) is 24.2. The van der Waals surface area contributed by atoms with Gasteiger partial charge in [0, 0.05) is 64.8 Å². The second-order valence-corrected chi connectivity index (χ2v) is 24.0. The number of ether oxygens (including phenoxy) is 13. The third kappa shape index (κ3) is 11.5. The number of aliphatic hydroxyl groups is 6. The minimum Gasteiger partial charge on any atom is -0.458 e. The summed E-state index contributed by atoms with van der Waals surface area (Å²) in [6.45, 7) is 15.4. The van der Waals surface area contributed by atoms with E-state index >= 15 is 0 Å². The largest absolute Gasteiger partial charge is 0.458 e. The van der Waals surface area contributed by atoms with E-state index in [1.54, 1.807) is 21.0 Å². The van der Waals surface area contributed by atoms with Gasteiger partial charge in [-0.05, 0) is 83.5 Å². The standard InChI is InChI=1S/C55H88O22/c1-24(2)19-37(59)74-50-48(71-29(7)58)40-33(55(64)18-16-32(25(3)57)54(50,55)9)14-13-30-20-31(15-17-53(30,40)8)72-38-21-34(65-10)45(26(4)68-38)75-39-22-35(66-11)46(27(5)69-39)76-52-44(63)49(67-12)47(28(6)70-52)77-51-43(62)42(61)41(60)36(23-56)73-51/h13,24,26-28,31-36,38-52,56,60-64H,14-23H2,1-12H3/t26-,27+,28+,31-,32-,33+,34+,35+,36+,38+,39-,40+,41-,42+,43-,44+,45+,46-,47+,48-,49-,50-,51-,52+,53+,54-,55-/m1/s1. The molecule has 0 aromatic heterocycles. The summed E-state index contributed by atoms with van der Waals surface area (Å²) < 4.78 is 80.7. The number of rotatable bonds is 17. The fourth-order valence-electron chi connectivity index (χ4n) is 14.9. The van der Waals surface area contributed by atoms with Crippen molar-refractivity contribution >= 4 is 17.7 Å². The Bertz CT molecular complexity index is 2070. The molecule has 0 aromatic carbocycles. The number of fused-ring (bicyclic) bond motifs is 5. The summed E-state index contributed by atoms with van der Waals surface area (Å²) >= 11 is 0. The monoisotopic (exact) mass is 1100 g/mol. The quantitative estimate of drug-likeness (QED) is 0.0898. The number of carbonyl (C=O) groups is 3. The van der Waals surface area contributed by atoms with E-state index in [1.165, 1.54) is 28.1 Å². The number of Topliss-reactive ketones (excluding diaryl/α,β-unsaturated/α-hetero) is 1. The van der Waals surface area contributed by atoms with Crippen LogP contribution in [0.2, 0.25) is 0 Å². The van der Waals surface area contributed by atoms with Gasteiger partial charge in [0.15, 0.2) is 25.2 Å². The molecule has 3 saturated carbocycles. The first kappa shape index (κ1) is 60.8. The lowest BCUT2D eigenvalue weighted by Crippen LogP contribution is -2.72. The Hall–Kier alpha value is -2.33. The van der Waals surface area contributed by atoms with Crippen LogP contribution < -0.4 is 0 Å². The Balaban J connectivity index is 0.894. The first-order chi connectivity index (χ1) is 36.3. The predicted octanol–water partition coefficient (Wildman–Crippen LogP) is 2.14. The SMILES string of the molecule is CO[C@@H]1[C@H](O)[C@H](O[C@@H]2[C@H](C)O[C@H](O[C@@H]3[C@@H](OC)C[C@H](O[C@@H]4CC[C@@]5(C)C(=CC[C@H]6[C@H]5[C@@H](OC(C)=O)[C@@H](OC(=O)CC(C)C)[C@@]5(C)[C@@H](C(C)=O)CC[C@@]65O)C4)O[C@@H]3C)C[C@@H]2OC)O[C@@H](C)[C@@H]1O[C@H]1O[C@@H](CO)[C@@H](O)[C@H](O)[C@H]1O. The van der Waals surface area contributed by atoms with Gasteiger partial charge < -0.3 is 92.2 Å². The summed E-state index contributed by atoms with van der Waals surface area (Å²) in [7, 11) is 4.51. The van der Waals surface area contributed by atoms with Crippen molar-refractivity contribution in [2.75, 3.05) is 27.9 Å². The zero-order valence-corrected chi connectivity index (χ0v) is 46.8. The van der Waals surface area contributed by atoms with E-state index in [-0.39, 0.29) is 36.6 Å². The van der Waals surface area contributed by atoms with Crippen LogP contribution in [-0.4, -0.2) is 211 Å². The van der Waals surface area contributed by atoms with Gasteiger partial charge >= 0.3 is 11.9 Å². The fraction of sp³-hybridized carbons (Fsp3) is 0.909. The number of hydrogen-bond donors (Lipinski definition) is 6. The van der Waals surface area contributed by atoms with E-state index in [0.29, 0.717) is 44.9 Å². The second-order valence-electron chi connectivity index (χ2n) is 24.0. The van der Waals surface area contributed by atoms with Gasteiger partial charge in [-0.3, -0.25) is 14.4 Å². The van der Waals surface area contributed by atoms with Gasteiger partial charge in [0.1, 0.15) is 72.9 Å². The lowest BCUT2D eigenvalue weighted by atomic mass is 9.44. The van der Waals surface area contributed by atoms with Crippen molar-refractivity contribution in [2.24, 2.45) is 34.5 Å². The van der Waals surface area contributed by atoms with Gasteiger partial charge in [-0.15, -0.1) is 0 Å². The summed E-state index contributed by atoms with van der Waals surface area (Å²) in [6.07, 6.45) is -14.4. The first-order valence-electron chi connectivity index (χ1n) is 27.8. The van der Waals surface area contributed by atoms with Crippen LogP contribution in [0.1, 0.15) is 120 Å². The van der Waals surface area contributed by atoms with Crippen molar-refractivity contribution in [1.82, 2.24) is 0 Å². The van der Waals surface area contributed by atoms with Crippen molar-refractivity contribution < 1.29 is 107 Å². The van der Waals surface area contributed by atoms with Crippen molar-refractivity contribution in [1.29, 1.82) is 0 Å². The zero-order chi connectivity index (χ0) is 56.2. The van der Waals surface area contributed by atoms with E-state index in [1.807, 2.05) is 27.7 Å². The number of esters is 2. The molecule has 4 aliphatic carbocycles. The molecule has 4 saturated heterocycles. The molecule has 440 valence electrons. The Morgan fingerprint density at radius 2 is 1.30 bits per heavy atom. The van der Waals surface area contributed by atoms with Gasteiger partial charge in [0.2, 0.25) is 0 Å². The van der Waals surface area contributed by atoms with Crippen molar-refractivity contribution in [2.45, 2.75) is 255 Å². The molecule has 0 bridgehead atoms. The Labute approximate surface area is 451 Å². The molecule has 77 heavy (non-hydrogen) atoms. The molecule has 0 radical (unpaired) electrons. The highest BCUT2D eigenvalue weighted by molar-refractivity contribution is 5.80. The molecule has 0 spiro atoms. The number of methoxy groups -OCH3 is 3. The van der Waals surface area contributed by atoms with Crippen LogP contribution in [0.4, 0.5) is 0 Å². The van der Waals surface area contributed by atoms with Crippen LogP contribution >= 0.6 is 0 Å². The Morgan fingerprint density at radius 3 is 1.88 bits per heavy atom. The highest BCUT2D eigenvalue weighted by atomic mass is 16.8. The van der Waals surface area contributed by atoms with Gasteiger partial charge in [-0.2, -0.15) is 0 Å². The van der Waals surface area contributed by atoms with Crippen LogP contribution in [0.5, 0.6) is 0 Å². The Kier molecular flexibility index (Phi) is 19.1. The average molecular weight is 1100 g/mol. The molecule has 8 rings (SSSR count). The van der Waals surface area contributed by atoms with E-state index in [2.05, 4.69) is 13.0 Å². The summed E-state index contributed by atoms with van der Waals surface area (Å²) in [4.78, 5) is 40.0. The molecule has 4 heterocycles. The summed E-state index contributed by atoms with van der Waals surface area (Å²) in [5.74, 6) is -2.46. The smallest absolute Gasteiger partial charge is 0.306 e. The minimum absolute atomic E-state index is 0.0000495. The van der Waals surface area contributed by atoms with E-state index in [9.17, 15) is 45.0 Å². The highest BCUT2D eigenvalue weighted by Crippen LogP contribution is 2.69. The van der Waals surface area contributed by atoms with Crippen molar-refractivity contribution in [3.8, 4) is 0 Å². The molecule has 7 fully saturated rings. The van der Waals surface area contributed by atoms with Crippen molar-refractivity contribution in [3.05, 3.63) is 11.6 Å². The highest BCUT2D eigenvalue weighted by Gasteiger charge is 2.75. The molecule has 0 unspecified atom stereocenters. The molecule has 0 aromatic rings.